The molecule has 4 aliphatic carbocycles. The normalized spacial score (nSPS) is 42.9. The second kappa shape index (κ2) is 7.45. The lowest BCUT2D eigenvalue weighted by atomic mass is 9.59. The van der Waals surface area contributed by atoms with E-state index in [0.717, 1.165) is 17.7 Å². The fraction of sp³-hybridized carbons (Fsp3) is 0.667. The summed E-state index contributed by atoms with van der Waals surface area (Å²) in [7, 11) is 1.81. The van der Waals surface area contributed by atoms with Crippen LogP contribution < -0.4 is 0 Å². The zero-order chi connectivity index (χ0) is 26.9. The number of carbonyl (C=O) groups is 2. The number of aromatic nitrogens is 1. The van der Waals surface area contributed by atoms with E-state index in [0.29, 0.717) is 17.2 Å². The molecule has 0 radical (unpaired) electrons. The second-order valence-electron chi connectivity index (χ2n) is 13.2. The molecule has 6 rings (SSSR count). The summed E-state index contributed by atoms with van der Waals surface area (Å²) in [5.41, 5.74) is -0.223. The highest BCUT2D eigenvalue weighted by Gasteiger charge is 2.77. The summed E-state index contributed by atoms with van der Waals surface area (Å²) in [6.07, 6.45) is 2.87. The van der Waals surface area contributed by atoms with Crippen molar-refractivity contribution in [2.75, 3.05) is 6.61 Å². The molecule has 7 heteroatoms. The van der Waals surface area contributed by atoms with Crippen LogP contribution in [0.5, 0.6) is 0 Å². The molecule has 1 aromatic heterocycles. The zero-order valence-electron chi connectivity index (χ0n) is 23.1. The van der Waals surface area contributed by atoms with Gasteiger partial charge in [0.1, 0.15) is 11.8 Å². The zero-order valence-corrected chi connectivity index (χ0v) is 23.1. The van der Waals surface area contributed by atoms with Crippen molar-refractivity contribution < 1.29 is 28.9 Å². The van der Waals surface area contributed by atoms with Gasteiger partial charge >= 0.3 is 5.97 Å². The summed E-state index contributed by atoms with van der Waals surface area (Å²) < 4.78 is 20.4. The van der Waals surface area contributed by atoms with Crippen LogP contribution in [0.3, 0.4) is 0 Å². The van der Waals surface area contributed by atoms with Crippen molar-refractivity contribution in [1.82, 2.24) is 4.57 Å². The number of hydrogen-bond donors (Lipinski definition) is 1. The number of aryl methyl sites for hydroxylation is 1. The fourth-order valence-corrected chi connectivity index (χ4v) is 8.29. The molecule has 3 fully saturated rings. The first kappa shape index (κ1) is 25.1. The van der Waals surface area contributed by atoms with E-state index in [9.17, 15) is 14.7 Å². The van der Waals surface area contributed by atoms with Crippen LogP contribution in [-0.2, 0) is 26.1 Å². The van der Waals surface area contributed by atoms with Crippen molar-refractivity contribution in [1.29, 1.82) is 0 Å². The Labute approximate surface area is 218 Å². The van der Waals surface area contributed by atoms with Gasteiger partial charge in [0.2, 0.25) is 0 Å². The van der Waals surface area contributed by atoms with Gasteiger partial charge in [-0.15, -0.1) is 0 Å². The first-order valence-electron chi connectivity index (χ1n) is 13.5. The molecule has 7 nitrogen and oxygen atoms in total. The van der Waals surface area contributed by atoms with E-state index in [2.05, 4.69) is 20.8 Å². The molecule has 1 aliphatic heterocycles. The van der Waals surface area contributed by atoms with Gasteiger partial charge in [0.05, 0.1) is 12.0 Å². The molecular weight excluding hydrogens is 470 g/mol. The van der Waals surface area contributed by atoms with E-state index in [1.54, 1.807) is 10.6 Å². The number of Topliss-reactive ketones (excluding diaryl/α,β-unsaturated/α-hetero) is 1. The van der Waals surface area contributed by atoms with Gasteiger partial charge < -0.3 is 23.9 Å². The standard InChI is InChI=1S/C30H39NO6/c1-15-13-29-16(2)11-20-22(27(20,4)5)19(23(29)32)12-18-14-35-28(6,7)37-25(18)30(29,34)24(15)36-26(33)21-10-9-17(3)31(21)8/h9-10,12-13,16,19-20,22,24-25,34H,11,14H2,1-8H3/t16-,19+,20-,22+,24+,25-,29+,30-/m1/s1. The molecule has 2 bridgehead atoms. The number of ketones is 1. The van der Waals surface area contributed by atoms with Crippen LogP contribution in [0.15, 0.2) is 35.4 Å². The van der Waals surface area contributed by atoms with Crippen molar-refractivity contribution in [3.8, 4) is 0 Å². The quantitative estimate of drug-likeness (QED) is 0.477. The third-order valence-corrected chi connectivity index (χ3v) is 10.5. The van der Waals surface area contributed by atoms with Crippen LogP contribution in [-0.4, -0.2) is 51.6 Å². The number of allylic oxidation sites excluding steroid dienone is 1. The number of aliphatic hydroxyl groups is 1. The SMILES string of the molecule is CC1=C[C@]23C(=O)[C@@H](C=C4COC(C)(C)O[C@H]4[C@]2(O)[C@H]1OC(=O)c1ccc(C)n1C)[C@H]1[C@@H](C[C@H]3C)C1(C)C. The smallest absolute Gasteiger partial charge is 0.355 e. The predicted molar refractivity (Wildman–Crippen MR) is 137 cm³/mol. The van der Waals surface area contributed by atoms with Gasteiger partial charge in [0.15, 0.2) is 23.3 Å². The second-order valence-corrected chi connectivity index (χ2v) is 13.2. The molecule has 5 aliphatic rings. The van der Waals surface area contributed by atoms with Crippen LogP contribution in [0.4, 0.5) is 0 Å². The Morgan fingerprint density at radius 3 is 2.54 bits per heavy atom. The first-order valence-corrected chi connectivity index (χ1v) is 13.5. The van der Waals surface area contributed by atoms with Crippen LogP contribution in [0, 0.1) is 41.4 Å². The highest BCUT2D eigenvalue weighted by Crippen LogP contribution is 2.72. The topological polar surface area (TPSA) is 87.0 Å². The van der Waals surface area contributed by atoms with Gasteiger partial charge in [-0.05, 0) is 80.6 Å². The van der Waals surface area contributed by atoms with E-state index in [1.807, 2.05) is 53.0 Å². The lowest BCUT2D eigenvalue weighted by molar-refractivity contribution is -0.302. The third kappa shape index (κ3) is 3.05. The van der Waals surface area contributed by atoms with E-state index in [-0.39, 0.29) is 35.6 Å². The third-order valence-electron chi connectivity index (χ3n) is 10.5. The Morgan fingerprint density at radius 1 is 1.19 bits per heavy atom. The van der Waals surface area contributed by atoms with Crippen molar-refractivity contribution in [2.45, 2.75) is 78.5 Å². The van der Waals surface area contributed by atoms with E-state index in [4.69, 9.17) is 14.2 Å². The first-order chi connectivity index (χ1) is 17.2. The number of hydrogen-bond acceptors (Lipinski definition) is 6. The summed E-state index contributed by atoms with van der Waals surface area (Å²) in [6.45, 7) is 14.2. The molecule has 1 N–H and O–H groups in total. The molecule has 2 saturated carbocycles. The van der Waals surface area contributed by atoms with Gasteiger partial charge in [-0.25, -0.2) is 4.79 Å². The van der Waals surface area contributed by atoms with Gasteiger partial charge in [0, 0.05) is 18.7 Å². The van der Waals surface area contributed by atoms with Crippen LogP contribution in [0.25, 0.3) is 0 Å². The highest BCUT2D eigenvalue weighted by atomic mass is 16.7. The molecule has 8 atom stereocenters. The van der Waals surface area contributed by atoms with Gasteiger partial charge in [-0.2, -0.15) is 0 Å². The number of fused-ring (bicyclic) bond motifs is 5. The van der Waals surface area contributed by atoms with Crippen molar-refractivity contribution in [3.63, 3.8) is 0 Å². The van der Waals surface area contributed by atoms with Crippen molar-refractivity contribution in [3.05, 3.63) is 46.8 Å². The van der Waals surface area contributed by atoms with Crippen LogP contribution in [0.1, 0.15) is 64.1 Å². The minimum atomic E-state index is -1.80. The molecule has 0 aromatic carbocycles. The van der Waals surface area contributed by atoms with E-state index in [1.165, 1.54) is 0 Å². The highest BCUT2D eigenvalue weighted by molar-refractivity contribution is 5.96. The van der Waals surface area contributed by atoms with Crippen LogP contribution in [0.2, 0.25) is 0 Å². The lowest BCUT2D eigenvalue weighted by Gasteiger charge is -2.52. The summed E-state index contributed by atoms with van der Waals surface area (Å²) in [5.74, 6) is -1.42. The Morgan fingerprint density at radius 2 is 1.89 bits per heavy atom. The minimum absolute atomic E-state index is 0.0106. The van der Waals surface area contributed by atoms with Gasteiger partial charge in [-0.3, -0.25) is 4.79 Å². The molecule has 200 valence electrons. The Kier molecular flexibility index (Phi) is 5.05. The maximum Gasteiger partial charge on any atom is 0.355 e. The average molecular weight is 510 g/mol. The molecular formula is C30H39NO6. The minimum Gasteiger partial charge on any atom is -0.450 e. The summed E-state index contributed by atoms with van der Waals surface area (Å²) >= 11 is 0. The molecule has 1 aromatic rings. The number of rotatable bonds is 2. The fourth-order valence-electron chi connectivity index (χ4n) is 8.29. The van der Waals surface area contributed by atoms with Crippen molar-refractivity contribution >= 4 is 11.8 Å². The molecule has 1 saturated heterocycles. The maximum atomic E-state index is 14.7. The van der Waals surface area contributed by atoms with Gasteiger partial charge in [-0.1, -0.05) is 32.9 Å². The van der Waals surface area contributed by atoms with E-state index >= 15 is 0 Å². The lowest BCUT2D eigenvalue weighted by Crippen LogP contribution is -2.68. The molecule has 37 heavy (non-hydrogen) atoms. The molecule has 0 amide bonds. The largest absolute Gasteiger partial charge is 0.450 e. The molecule has 2 heterocycles. The Hall–Kier alpha value is -2.22. The summed E-state index contributed by atoms with van der Waals surface area (Å²) in [4.78, 5) is 28.2. The maximum absolute atomic E-state index is 14.7. The Bertz CT molecular complexity index is 1270. The van der Waals surface area contributed by atoms with Crippen LogP contribution >= 0.6 is 0 Å². The average Bonchev–Trinajstić information content (AvgIpc) is 3.10. The predicted octanol–water partition coefficient (Wildman–Crippen LogP) is 4.13. The monoisotopic (exact) mass is 509 g/mol. The van der Waals surface area contributed by atoms with Gasteiger partial charge in [0.25, 0.3) is 0 Å². The molecule has 0 unspecified atom stereocenters. The van der Waals surface area contributed by atoms with E-state index < -0.39 is 35.0 Å². The summed E-state index contributed by atoms with van der Waals surface area (Å²) in [5, 5.41) is 13.0. The number of carbonyl (C=O) groups excluding carboxylic acids is 2. The number of ether oxygens (including phenoxy) is 3. The summed E-state index contributed by atoms with van der Waals surface area (Å²) in [6, 6.07) is 3.58. The molecule has 1 spiro atoms. The van der Waals surface area contributed by atoms with Crippen molar-refractivity contribution in [2.24, 2.45) is 41.5 Å². The number of esters is 1. The Balaban J connectivity index is 1.52. The number of nitrogens with zero attached hydrogens (tertiary/aromatic N) is 1.